The zero-order valence-electron chi connectivity index (χ0n) is 11.6. The van der Waals surface area contributed by atoms with E-state index in [1.807, 2.05) is 18.2 Å². The van der Waals surface area contributed by atoms with Crippen LogP contribution < -0.4 is 10.5 Å². The van der Waals surface area contributed by atoms with E-state index in [0.717, 1.165) is 22.1 Å². The van der Waals surface area contributed by atoms with Gasteiger partial charge in [0.1, 0.15) is 5.75 Å². The lowest BCUT2D eigenvalue weighted by Crippen LogP contribution is -1.94. The predicted molar refractivity (Wildman–Crippen MR) is 82.9 cm³/mol. The Morgan fingerprint density at radius 2 is 1.79 bits per heavy atom. The number of rotatable bonds is 4. The van der Waals surface area contributed by atoms with E-state index < -0.39 is 0 Å². The van der Waals surface area contributed by atoms with Crippen LogP contribution in [0.25, 0.3) is 0 Å². The van der Waals surface area contributed by atoms with Crippen molar-refractivity contribution in [3.63, 3.8) is 0 Å². The average Bonchev–Trinajstić information content (AvgIpc) is 2.36. The molecule has 0 fully saturated rings. The van der Waals surface area contributed by atoms with Crippen LogP contribution in [0.15, 0.2) is 41.3 Å². The molecule has 0 aliphatic rings. The minimum absolute atomic E-state index is 0.722. The summed E-state index contributed by atoms with van der Waals surface area (Å²) in [5.41, 5.74) is 10.7. The van der Waals surface area contributed by atoms with Crippen LogP contribution in [0.5, 0.6) is 5.75 Å². The first kappa shape index (κ1) is 13.8. The molecule has 2 nitrogen and oxygen atoms in total. The second kappa shape index (κ2) is 6.02. The Morgan fingerprint density at radius 3 is 2.42 bits per heavy atom. The first-order chi connectivity index (χ1) is 9.10. The molecule has 0 saturated carbocycles. The predicted octanol–water partition coefficient (Wildman–Crippen LogP) is 4.19. The molecule has 0 aliphatic carbocycles. The second-order valence-corrected chi connectivity index (χ2v) is 5.67. The van der Waals surface area contributed by atoms with E-state index in [1.54, 1.807) is 18.9 Å². The van der Waals surface area contributed by atoms with Gasteiger partial charge in [-0.3, -0.25) is 0 Å². The number of nitrogen functional groups attached to an aromatic ring is 1. The number of hydrogen-bond acceptors (Lipinski definition) is 3. The number of aryl methyl sites for hydroxylation is 2. The van der Waals surface area contributed by atoms with Gasteiger partial charge in [0.25, 0.3) is 0 Å². The molecule has 2 N–H and O–H groups in total. The highest BCUT2D eigenvalue weighted by Crippen LogP contribution is 2.34. The van der Waals surface area contributed by atoms with Crippen molar-refractivity contribution in [2.75, 3.05) is 12.8 Å². The van der Waals surface area contributed by atoms with Gasteiger partial charge in [-0.25, -0.2) is 0 Å². The third kappa shape index (κ3) is 3.44. The summed E-state index contributed by atoms with van der Waals surface area (Å²) in [6.45, 7) is 4.25. The fourth-order valence-corrected chi connectivity index (χ4v) is 3.06. The van der Waals surface area contributed by atoms with Crippen molar-refractivity contribution < 1.29 is 4.74 Å². The van der Waals surface area contributed by atoms with Crippen molar-refractivity contribution >= 4 is 17.4 Å². The molecule has 0 bridgehead atoms. The Bertz CT molecular complexity index is 561. The Balaban J connectivity index is 2.14. The summed E-state index contributed by atoms with van der Waals surface area (Å²) in [7, 11) is 1.64. The van der Waals surface area contributed by atoms with Gasteiger partial charge < -0.3 is 10.5 Å². The van der Waals surface area contributed by atoms with Crippen molar-refractivity contribution in [2.45, 2.75) is 24.5 Å². The van der Waals surface area contributed by atoms with Crippen LogP contribution in [0.2, 0.25) is 0 Å². The Hall–Kier alpha value is -1.61. The fraction of sp³-hybridized carbons (Fsp3) is 0.250. The van der Waals surface area contributed by atoms with Gasteiger partial charge in [0.05, 0.1) is 12.8 Å². The van der Waals surface area contributed by atoms with Gasteiger partial charge in [-0.1, -0.05) is 35.4 Å². The van der Waals surface area contributed by atoms with Gasteiger partial charge in [-0.05, 0) is 31.5 Å². The number of ether oxygens (including phenoxy) is 1. The molecule has 3 heteroatoms. The molecule has 2 rings (SSSR count). The number of thioether (sulfide) groups is 1. The van der Waals surface area contributed by atoms with Crippen LogP contribution in [0.3, 0.4) is 0 Å². The molecule has 0 amide bonds. The molecular formula is C16H19NOS. The maximum Gasteiger partial charge on any atom is 0.142 e. The zero-order chi connectivity index (χ0) is 13.8. The number of para-hydroxylation sites is 1. The van der Waals surface area contributed by atoms with Gasteiger partial charge in [0.15, 0.2) is 0 Å². The lowest BCUT2D eigenvalue weighted by molar-refractivity contribution is 0.416. The van der Waals surface area contributed by atoms with E-state index in [2.05, 4.69) is 32.0 Å². The largest absolute Gasteiger partial charge is 0.495 e. The number of methoxy groups -OCH3 is 1. The van der Waals surface area contributed by atoms with Crippen molar-refractivity contribution in [1.82, 2.24) is 0 Å². The minimum Gasteiger partial charge on any atom is -0.495 e. The molecule has 19 heavy (non-hydrogen) atoms. The van der Waals surface area contributed by atoms with Gasteiger partial charge >= 0.3 is 0 Å². The molecule has 2 aromatic carbocycles. The normalized spacial score (nSPS) is 10.5. The number of anilines is 1. The van der Waals surface area contributed by atoms with Crippen LogP contribution in [-0.2, 0) is 5.75 Å². The third-order valence-corrected chi connectivity index (χ3v) is 4.07. The monoisotopic (exact) mass is 273 g/mol. The summed E-state index contributed by atoms with van der Waals surface area (Å²) in [5.74, 6) is 1.66. The number of nitrogens with two attached hydrogens (primary N) is 1. The van der Waals surface area contributed by atoms with E-state index in [0.29, 0.717) is 0 Å². The summed E-state index contributed by atoms with van der Waals surface area (Å²) in [6.07, 6.45) is 0. The molecule has 0 unspecified atom stereocenters. The van der Waals surface area contributed by atoms with Gasteiger partial charge in [-0.2, -0.15) is 0 Å². The van der Waals surface area contributed by atoms with Crippen LogP contribution in [-0.4, -0.2) is 7.11 Å². The zero-order valence-corrected chi connectivity index (χ0v) is 12.4. The van der Waals surface area contributed by atoms with Crippen molar-refractivity contribution in [1.29, 1.82) is 0 Å². The first-order valence-electron chi connectivity index (χ1n) is 6.22. The molecule has 0 atom stereocenters. The molecule has 2 aromatic rings. The van der Waals surface area contributed by atoms with Gasteiger partial charge in [0.2, 0.25) is 0 Å². The van der Waals surface area contributed by atoms with Crippen LogP contribution >= 0.6 is 11.8 Å². The first-order valence-corrected chi connectivity index (χ1v) is 7.21. The molecule has 0 aromatic heterocycles. The fourth-order valence-electron chi connectivity index (χ4n) is 2.14. The van der Waals surface area contributed by atoms with E-state index in [-0.39, 0.29) is 0 Å². The summed E-state index contributed by atoms with van der Waals surface area (Å²) in [6, 6.07) is 12.5. The van der Waals surface area contributed by atoms with Crippen molar-refractivity contribution in [3.05, 3.63) is 53.1 Å². The van der Waals surface area contributed by atoms with Crippen molar-refractivity contribution in [3.8, 4) is 5.75 Å². The Morgan fingerprint density at radius 1 is 1.11 bits per heavy atom. The standard InChI is InChI=1S/C16H19NOS/c1-11-7-12(2)9-13(8-11)10-19-15-6-4-5-14(18-3)16(15)17/h4-9H,10,17H2,1-3H3. The summed E-state index contributed by atoms with van der Waals surface area (Å²) in [5, 5.41) is 0. The Kier molecular flexibility index (Phi) is 4.38. The molecule has 0 heterocycles. The molecule has 0 saturated heterocycles. The molecule has 100 valence electrons. The maximum absolute atomic E-state index is 6.07. The molecular weight excluding hydrogens is 254 g/mol. The van der Waals surface area contributed by atoms with E-state index in [4.69, 9.17) is 10.5 Å². The van der Waals surface area contributed by atoms with Gasteiger partial charge in [-0.15, -0.1) is 11.8 Å². The lowest BCUT2D eigenvalue weighted by atomic mass is 10.1. The van der Waals surface area contributed by atoms with E-state index >= 15 is 0 Å². The molecule has 0 spiro atoms. The highest BCUT2D eigenvalue weighted by molar-refractivity contribution is 7.98. The topological polar surface area (TPSA) is 35.2 Å². The minimum atomic E-state index is 0.722. The summed E-state index contributed by atoms with van der Waals surface area (Å²) >= 11 is 1.74. The van der Waals surface area contributed by atoms with E-state index in [1.165, 1.54) is 16.7 Å². The van der Waals surface area contributed by atoms with E-state index in [9.17, 15) is 0 Å². The lowest BCUT2D eigenvalue weighted by Gasteiger charge is -2.10. The molecule has 0 radical (unpaired) electrons. The number of hydrogen-bond donors (Lipinski definition) is 1. The highest BCUT2D eigenvalue weighted by Gasteiger charge is 2.06. The Labute approximate surface area is 119 Å². The average molecular weight is 273 g/mol. The summed E-state index contributed by atoms with van der Waals surface area (Å²) < 4.78 is 5.24. The molecule has 0 aliphatic heterocycles. The van der Waals surface area contributed by atoms with Gasteiger partial charge in [0, 0.05) is 10.6 Å². The van der Waals surface area contributed by atoms with Crippen LogP contribution in [0.1, 0.15) is 16.7 Å². The third-order valence-electron chi connectivity index (χ3n) is 2.92. The maximum atomic E-state index is 6.07. The van der Waals surface area contributed by atoms with Crippen molar-refractivity contribution in [2.24, 2.45) is 0 Å². The smallest absolute Gasteiger partial charge is 0.142 e. The number of benzene rings is 2. The SMILES string of the molecule is COc1cccc(SCc2cc(C)cc(C)c2)c1N. The summed E-state index contributed by atoms with van der Waals surface area (Å²) in [4.78, 5) is 1.07. The quantitative estimate of drug-likeness (QED) is 0.670. The van der Waals surface area contributed by atoms with Crippen LogP contribution in [0, 0.1) is 13.8 Å². The highest BCUT2D eigenvalue weighted by atomic mass is 32.2. The van der Waals surface area contributed by atoms with Crippen LogP contribution in [0.4, 0.5) is 5.69 Å². The second-order valence-electron chi connectivity index (χ2n) is 4.66.